The lowest BCUT2D eigenvalue weighted by atomic mass is 10.2. The van der Waals surface area contributed by atoms with E-state index in [1.165, 1.54) is 26.2 Å². The molecule has 0 aliphatic carbocycles. The minimum absolute atomic E-state index is 0.126. The van der Waals surface area contributed by atoms with E-state index in [0.29, 0.717) is 29.8 Å². The van der Waals surface area contributed by atoms with E-state index >= 15 is 0 Å². The van der Waals surface area contributed by atoms with E-state index < -0.39 is 6.09 Å². The lowest BCUT2D eigenvalue weighted by Gasteiger charge is -2.13. The quantitative estimate of drug-likeness (QED) is 0.717. The second-order valence-corrected chi connectivity index (χ2v) is 6.55. The van der Waals surface area contributed by atoms with Crippen molar-refractivity contribution in [2.75, 3.05) is 13.1 Å². The Labute approximate surface area is 152 Å². The maximum atomic E-state index is 13.2. The van der Waals surface area contributed by atoms with Crippen LogP contribution in [0.1, 0.15) is 12.5 Å². The first-order valence-electron chi connectivity index (χ1n) is 8.02. The Morgan fingerprint density at radius 3 is 2.81 bits per heavy atom. The van der Waals surface area contributed by atoms with Crippen LogP contribution in [0.5, 0.6) is 5.75 Å². The summed E-state index contributed by atoms with van der Waals surface area (Å²) in [5, 5.41) is 19.3. The van der Waals surface area contributed by atoms with Crippen LogP contribution in [0, 0.1) is 0 Å². The molecule has 1 saturated heterocycles. The number of carbonyl (C=O) groups is 1. The molecule has 4 rings (SSSR count). The van der Waals surface area contributed by atoms with Crippen molar-refractivity contribution < 1.29 is 15.0 Å². The number of imidazole rings is 1. The van der Waals surface area contributed by atoms with Gasteiger partial charge in [-0.1, -0.05) is 11.6 Å². The second-order valence-electron chi connectivity index (χ2n) is 6.14. The maximum absolute atomic E-state index is 13.2. The van der Waals surface area contributed by atoms with Gasteiger partial charge < -0.3 is 15.1 Å². The summed E-state index contributed by atoms with van der Waals surface area (Å²) in [6.45, 7) is 0.602. The molecule has 2 aromatic heterocycles. The van der Waals surface area contributed by atoms with Crippen LogP contribution in [-0.2, 0) is 0 Å². The van der Waals surface area contributed by atoms with Crippen molar-refractivity contribution in [3.63, 3.8) is 0 Å². The molecule has 1 amide bonds. The van der Waals surface area contributed by atoms with Gasteiger partial charge in [0.15, 0.2) is 5.65 Å². The van der Waals surface area contributed by atoms with Gasteiger partial charge in [0, 0.05) is 25.4 Å². The van der Waals surface area contributed by atoms with E-state index in [9.17, 15) is 19.8 Å². The zero-order valence-electron chi connectivity index (χ0n) is 13.5. The van der Waals surface area contributed by atoms with Gasteiger partial charge in [0.1, 0.15) is 5.75 Å². The smallest absolute Gasteiger partial charge is 0.407 e. The summed E-state index contributed by atoms with van der Waals surface area (Å²) in [5.74, 6) is -0.126. The standard InChI is InChI=1S/C17H15ClN4O4/c18-12-4-3-10(8-14(12)23)21-13-2-1-6-19-15(13)22(16(21)24)11-5-7-20(9-11)17(25)26/h1-4,6,8,11,23H,5,7,9H2,(H,25,26). The Kier molecular flexibility index (Phi) is 3.84. The number of hydrogen-bond acceptors (Lipinski definition) is 4. The second kappa shape index (κ2) is 6.06. The molecule has 1 aliphatic rings. The fourth-order valence-corrected chi connectivity index (χ4v) is 3.51. The molecule has 0 radical (unpaired) electrons. The third-order valence-electron chi connectivity index (χ3n) is 4.62. The van der Waals surface area contributed by atoms with Gasteiger partial charge in [0.25, 0.3) is 0 Å². The van der Waals surface area contributed by atoms with E-state index in [4.69, 9.17) is 11.6 Å². The van der Waals surface area contributed by atoms with E-state index in [-0.39, 0.29) is 29.0 Å². The highest BCUT2D eigenvalue weighted by molar-refractivity contribution is 6.32. The van der Waals surface area contributed by atoms with Crippen LogP contribution in [0.25, 0.3) is 16.9 Å². The summed E-state index contributed by atoms with van der Waals surface area (Å²) in [6.07, 6.45) is 1.12. The van der Waals surface area contributed by atoms with Crippen molar-refractivity contribution in [2.45, 2.75) is 12.5 Å². The zero-order valence-corrected chi connectivity index (χ0v) is 14.3. The molecule has 0 saturated carbocycles. The van der Waals surface area contributed by atoms with Gasteiger partial charge in [-0.05, 0) is 30.7 Å². The summed E-state index contributed by atoms with van der Waals surface area (Å²) < 4.78 is 2.98. The van der Waals surface area contributed by atoms with E-state index in [2.05, 4.69) is 4.98 Å². The highest BCUT2D eigenvalue weighted by Crippen LogP contribution is 2.28. The first-order chi connectivity index (χ1) is 12.5. The largest absolute Gasteiger partial charge is 0.506 e. The van der Waals surface area contributed by atoms with Crippen molar-refractivity contribution in [1.29, 1.82) is 0 Å². The molecule has 3 aromatic rings. The van der Waals surface area contributed by atoms with E-state index in [1.807, 2.05) is 0 Å². The normalized spacial score (nSPS) is 17.1. The number of fused-ring (bicyclic) bond motifs is 1. The lowest BCUT2D eigenvalue weighted by Crippen LogP contribution is -2.31. The molecule has 0 spiro atoms. The number of aromatic hydroxyl groups is 1. The first-order valence-corrected chi connectivity index (χ1v) is 8.40. The molecule has 0 bridgehead atoms. The number of amides is 1. The van der Waals surface area contributed by atoms with E-state index in [1.54, 1.807) is 24.4 Å². The molecule has 2 N–H and O–H groups in total. The molecule has 1 unspecified atom stereocenters. The van der Waals surface area contributed by atoms with Gasteiger partial charge in [0.05, 0.1) is 22.3 Å². The Hall–Kier alpha value is -3.00. The summed E-state index contributed by atoms with van der Waals surface area (Å²) in [5.41, 5.74) is 1.18. The summed E-state index contributed by atoms with van der Waals surface area (Å²) in [6, 6.07) is 7.75. The number of likely N-dealkylation sites (tertiary alicyclic amines) is 1. The topological polar surface area (TPSA) is 101 Å². The van der Waals surface area contributed by atoms with Gasteiger partial charge in [0.2, 0.25) is 0 Å². The van der Waals surface area contributed by atoms with Crippen LogP contribution in [0.2, 0.25) is 5.02 Å². The van der Waals surface area contributed by atoms with Crippen LogP contribution < -0.4 is 5.69 Å². The zero-order chi connectivity index (χ0) is 18.4. The number of carboxylic acid groups (broad SMARTS) is 1. The molecule has 9 heteroatoms. The van der Waals surface area contributed by atoms with Gasteiger partial charge in [-0.15, -0.1) is 0 Å². The van der Waals surface area contributed by atoms with Crippen LogP contribution >= 0.6 is 11.6 Å². The van der Waals surface area contributed by atoms with Gasteiger partial charge in [-0.2, -0.15) is 0 Å². The van der Waals surface area contributed by atoms with Crippen molar-refractivity contribution in [2.24, 2.45) is 0 Å². The van der Waals surface area contributed by atoms with Gasteiger partial charge in [-0.25, -0.2) is 14.6 Å². The van der Waals surface area contributed by atoms with Crippen molar-refractivity contribution in [3.05, 3.63) is 52.0 Å². The Bertz CT molecular complexity index is 1070. The predicted molar refractivity (Wildman–Crippen MR) is 95.3 cm³/mol. The Morgan fingerprint density at radius 1 is 1.31 bits per heavy atom. The molecule has 134 valence electrons. The number of pyridine rings is 1. The molecule has 1 atom stereocenters. The van der Waals surface area contributed by atoms with Crippen LogP contribution in [0.4, 0.5) is 4.79 Å². The van der Waals surface area contributed by atoms with Crippen LogP contribution in [0.15, 0.2) is 41.3 Å². The molecule has 26 heavy (non-hydrogen) atoms. The van der Waals surface area contributed by atoms with Crippen LogP contribution in [0.3, 0.4) is 0 Å². The van der Waals surface area contributed by atoms with E-state index in [0.717, 1.165) is 0 Å². The molecule has 8 nitrogen and oxygen atoms in total. The van der Waals surface area contributed by atoms with Crippen LogP contribution in [-0.4, -0.2) is 48.4 Å². The van der Waals surface area contributed by atoms with Crippen molar-refractivity contribution >= 4 is 28.9 Å². The third-order valence-corrected chi connectivity index (χ3v) is 4.94. The molecule has 3 heterocycles. The number of benzene rings is 1. The van der Waals surface area contributed by atoms with Crippen molar-refractivity contribution in [1.82, 2.24) is 19.0 Å². The Morgan fingerprint density at radius 2 is 2.12 bits per heavy atom. The number of rotatable bonds is 2. The predicted octanol–water partition coefficient (Wildman–Crippen LogP) is 2.47. The first kappa shape index (κ1) is 16.5. The number of phenolic OH excluding ortho intramolecular Hbond substituents is 1. The number of nitrogens with zero attached hydrogens (tertiary/aromatic N) is 4. The Balaban J connectivity index is 1.91. The fraction of sp³-hybridized carbons (Fsp3) is 0.235. The third kappa shape index (κ3) is 2.50. The minimum atomic E-state index is -1.00. The lowest BCUT2D eigenvalue weighted by molar-refractivity contribution is 0.154. The molecule has 1 aromatic carbocycles. The molecule has 1 aliphatic heterocycles. The fourth-order valence-electron chi connectivity index (χ4n) is 3.40. The summed E-state index contributed by atoms with van der Waals surface area (Å²) in [4.78, 5) is 30.0. The van der Waals surface area contributed by atoms with Crippen molar-refractivity contribution in [3.8, 4) is 11.4 Å². The molecule has 1 fully saturated rings. The average molecular weight is 375 g/mol. The maximum Gasteiger partial charge on any atom is 0.407 e. The molecular formula is C17H15ClN4O4. The number of aromatic nitrogens is 3. The SMILES string of the molecule is O=C(O)N1CCC(n2c(=O)n(-c3ccc(Cl)c(O)c3)c3cccnc32)C1. The highest BCUT2D eigenvalue weighted by Gasteiger charge is 2.31. The number of phenols is 1. The average Bonchev–Trinajstić information content (AvgIpc) is 3.19. The number of halogens is 1. The summed E-state index contributed by atoms with van der Waals surface area (Å²) >= 11 is 5.86. The monoisotopic (exact) mass is 374 g/mol. The highest BCUT2D eigenvalue weighted by atomic mass is 35.5. The number of hydrogen-bond donors (Lipinski definition) is 2. The van der Waals surface area contributed by atoms with Gasteiger partial charge in [-0.3, -0.25) is 9.13 Å². The minimum Gasteiger partial charge on any atom is -0.506 e. The summed E-state index contributed by atoms with van der Waals surface area (Å²) in [7, 11) is 0. The van der Waals surface area contributed by atoms with Gasteiger partial charge >= 0.3 is 11.8 Å². The molecular weight excluding hydrogens is 360 g/mol.